The van der Waals surface area contributed by atoms with Gasteiger partial charge in [-0.1, -0.05) is 32.1 Å². The SMILES string of the molecule is C=C1CC[C@@H]2[C@@H](C)[C@@](O)(C(F)(F)F)CC[C@@]2(C)[C@@H]1C/C=C1/C(=O)OC[C@H]1O. The highest BCUT2D eigenvalue weighted by atomic mass is 19.4. The van der Waals surface area contributed by atoms with E-state index in [1.807, 2.05) is 6.92 Å². The van der Waals surface area contributed by atoms with Crippen LogP contribution < -0.4 is 0 Å². The lowest BCUT2D eigenvalue weighted by molar-refractivity contribution is -0.306. The van der Waals surface area contributed by atoms with Crippen molar-refractivity contribution in [1.82, 2.24) is 0 Å². The molecule has 1 saturated heterocycles. The molecule has 0 aromatic rings. The molecule has 3 rings (SSSR count). The third-order valence-electron chi connectivity index (χ3n) is 7.35. The molecule has 2 N–H and O–H groups in total. The van der Waals surface area contributed by atoms with Crippen molar-refractivity contribution in [2.45, 2.75) is 63.8 Å². The van der Waals surface area contributed by atoms with Crippen molar-refractivity contribution in [2.75, 3.05) is 6.61 Å². The number of alkyl halides is 3. The van der Waals surface area contributed by atoms with Crippen LogP contribution in [0.15, 0.2) is 23.8 Å². The number of rotatable bonds is 2. The topological polar surface area (TPSA) is 66.8 Å². The zero-order chi connectivity index (χ0) is 20.2. The number of carbonyl (C=O) groups excluding carboxylic acids is 1. The number of ether oxygens (including phenoxy) is 1. The van der Waals surface area contributed by atoms with Crippen LogP contribution >= 0.6 is 0 Å². The number of aliphatic hydroxyl groups excluding tert-OH is 1. The van der Waals surface area contributed by atoms with Crippen LogP contribution in [0.5, 0.6) is 0 Å². The zero-order valence-corrected chi connectivity index (χ0v) is 15.7. The summed E-state index contributed by atoms with van der Waals surface area (Å²) >= 11 is 0. The first-order chi connectivity index (χ1) is 12.4. The minimum absolute atomic E-state index is 0.0637. The summed E-state index contributed by atoms with van der Waals surface area (Å²) in [4.78, 5) is 11.7. The monoisotopic (exact) mass is 388 g/mol. The van der Waals surface area contributed by atoms with Crippen LogP contribution in [0.25, 0.3) is 0 Å². The van der Waals surface area contributed by atoms with E-state index in [0.29, 0.717) is 19.3 Å². The number of fused-ring (bicyclic) bond motifs is 1. The Balaban J connectivity index is 1.88. The van der Waals surface area contributed by atoms with Gasteiger partial charge < -0.3 is 14.9 Å². The standard InChI is InChI=1S/C20H27F3O4/c1-11-4-6-15-12(2)19(26,20(21,22)23)9-8-18(15,3)14(11)7-5-13-16(24)10-27-17(13)25/h5,12,14-16,24,26H,1,4,6-10H2,2-3H3/b13-5+/t12-,14-,15-,16-,18+,19-/m1/s1. The molecule has 1 aliphatic heterocycles. The molecule has 0 spiro atoms. The average molecular weight is 388 g/mol. The third-order valence-corrected chi connectivity index (χ3v) is 7.35. The molecule has 0 radical (unpaired) electrons. The quantitative estimate of drug-likeness (QED) is 0.431. The number of carbonyl (C=O) groups is 1. The van der Waals surface area contributed by atoms with Gasteiger partial charge in [-0.15, -0.1) is 0 Å². The van der Waals surface area contributed by atoms with Gasteiger partial charge in [-0.25, -0.2) is 4.79 Å². The van der Waals surface area contributed by atoms with E-state index in [0.717, 1.165) is 5.57 Å². The predicted octanol–water partition coefficient (Wildman–Crippen LogP) is 3.53. The van der Waals surface area contributed by atoms with Gasteiger partial charge in [0.25, 0.3) is 0 Å². The van der Waals surface area contributed by atoms with Crippen molar-refractivity contribution in [3.8, 4) is 0 Å². The molecule has 7 heteroatoms. The molecule has 6 atom stereocenters. The van der Waals surface area contributed by atoms with Gasteiger partial charge in [0, 0.05) is 0 Å². The Bertz CT molecular complexity index is 671. The van der Waals surface area contributed by atoms with Crippen LogP contribution in [0.3, 0.4) is 0 Å². The smallest absolute Gasteiger partial charge is 0.417 e. The maximum atomic E-state index is 13.5. The van der Waals surface area contributed by atoms with Gasteiger partial charge in [0.15, 0.2) is 5.60 Å². The minimum atomic E-state index is -4.66. The van der Waals surface area contributed by atoms with E-state index in [-0.39, 0.29) is 36.9 Å². The molecular weight excluding hydrogens is 361 g/mol. The normalized spacial score (nSPS) is 44.3. The second-order valence-corrected chi connectivity index (χ2v) is 8.58. The lowest BCUT2D eigenvalue weighted by Crippen LogP contribution is -2.61. The van der Waals surface area contributed by atoms with Crippen LogP contribution in [0, 0.1) is 23.2 Å². The molecule has 0 aromatic carbocycles. The Morgan fingerprint density at radius 2 is 2.04 bits per heavy atom. The molecule has 152 valence electrons. The summed E-state index contributed by atoms with van der Waals surface area (Å²) in [6, 6.07) is 0. The van der Waals surface area contributed by atoms with Gasteiger partial charge in [0.1, 0.15) is 12.7 Å². The average Bonchev–Trinajstić information content (AvgIpc) is 2.89. The van der Waals surface area contributed by atoms with Crippen LogP contribution in [-0.4, -0.2) is 40.7 Å². The molecule has 1 heterocycles. The molecule has 0 bridgehead atoms. The largest absolute Gasteiger partial charge is 0.459 e. The van der Waals surface area contributed by atoms with E-state index >= 15 is 0 Å². The number of allylic oxidation sites excluding steroid dienone is 2. The lowest BCUT2D eigenvalue weighted by atomic mass is 9.48. The van der Waals surface area contributed by atoms with E-state index in [9.17, 15) is 28.2 Å². The van der Waals surface area contributed by atoms with Crippen molar-refractivity contribution in [3.05, 3.63) is 23.8 Å². The van der Waals surface area contributed by atoms with Gasteiger partial charge >= 0.3 is 12.1 Å². The molecule has 0 amide bonds. The maximum absolute atomic E-state index is 13.5. The summed E-state index contributed by atoms with van der Waals surface area (Å²) < 4.78 is 45.4. The Morgan fingerprint density at radius 3 is 2.59 bits per heavy atom. The Kier molecular flexibility index (Phi) is 5.00. The predicted molar refractivity (Wildman–Crippen MR) is 92.5 cm³/mol. The molecule has 2 aliphatic carbocycles. The van der Waals surface area contributed by atoms with Crippen LogP contribution in [0.1, 0.15) is 46.0 Å². The number of hydrogen-bond donors (Lipinski definition) is 2. The van der Waals surface area contributed by atoms with Crippen molar-refractivity contribution in [2.24, 2.45) is 23.2 Å². The van der Waals surface area contributed by atoms with Crippen molar-refractivity contribution >= 4 is 5.97 Å². The first kappa shape index (κ1) is 20.4. The molecule has 2 saturated carbocycles. The molecule has 0 aromatic heterocycles. The number of esters is 1. The zero-order valence-electron chi connectivity index (χ0n) is 15.7. The van der Waals surface area contributed by atoms with Crippen LogP contribution in [0.2, 0.25) is 0 Å². The van der Waals surface area contributed by atoms with Gasteiger partial charge in [0.05, 0.1) is 5.57 Å². The number of halogens is 3. The maximum Gasteiger partial charge on any atom is 0.417 e. The molecular formula is C20H27F3O4. The lowest BCUT2D eigenvalue weighted by Gasteiger charge is -2.58. The highest BCUT2D eigenvalue weighted by Crippen LogP contribution is 2.62. The summed E-state index contributed by atoms with van der Waals surface area (Å²) in [6.45, 7) is 7.54. The summed E-state index contributed by atoms with van der Waals surface area (Å²) in [5.41, 5.74) is -1.94. The van der Waals surface area contributed by atoms with E-state index in [1.54, 1.807) is 6.08 Å². The third kappa shape index (κ3) is 3.12. The van der Waals surface area contributed by atoms with Crippen molar-refractivity contribution < 1.29 is 32.9 Å². The molecule has 4 nitrogen and oxygen atoms in total. The van der Waals surface area contributed by atoms with Gasteiger partial charge in [-0.05, 0) is 55.3 Å². The fourth-order valence-corrected chi connectivity index (χ4v) is 5.53. The first-order valence-electron chi connectivity index (χ1n) is 9.44. The molecule has 3 fully saturated rings. The number of cyclic esters (lactones) is 1. The van der Waals surface area contributed by atoms with Crippen LogP contribution in [0.4, 0.5) is 13.2 Å². The Hall–Kier alpha value is -1.34. The van der Waals surface area contributed by atoms with Gasteiger partial charge in [-0.2, -0.15) is 13.2 Å². The second kappa shape index (κ2) is 6.62. The van der Waals surface area contributed by atoms with E-state index in [2.05, 4.69) is 6.58 Å². The molecule has 3 aliphatic rings. The number of hydrogen-bond acceptors (Lipinski definition) is 4. The minimum Gasteiger partial charge on any atom is -0.459 e. The Morgan fingerprint density at radius 1 is 1.37 bits per heavy atom. The summed E-state index contributed by atoms with van der Waals surface area (Å²) in [6.07, 6.45) is -2.49. The fourth-order valence-electron chi connectivity index (χ4n) is 5.53. The summed E-state index contributed by atoms with van der Waals surface area (Å²) in [7, 11) is 0. The van der Waals surface area contributed by atoms with E-state index < -0.39 is 35.2 Å². The van der Waals surface area contributed by atoms with Crippen LogP contribution in [-0.2, 0) is 9.53 Å². The fraction of sp³-hybridized carbons (Fsp3) is 0.750. The van der Waals surface area contributed by atoms with Crippen molar-refractivity contribution in [3.63, 3.8) is 0 Å². The van der Waals surface area contributed by atoms with Gasteiger partial charge in [-0.3, -0.25) is 0 Å². The highest BCUT2D eigenvalue weighted by Gasteiger charge is 2.65. The summed E-state index contributed by atoms with van der Waals surface area (Å²) in [5.74, 6) is -1.87. The van der Waals surface area contributed by atoms with E-state index in [1.165, 1.54) is 6.92 Å². The Labute approximate surface area is 157 Å². The van der Waals surface area contributed by atoms with E-state index in [4.69, 9.17) is 4.74 Å². The number of aliphatic hydroxyl groups is 2. The molecule has 0 unspecified atom stereocenters. The second-order valence-electron chi connectivity index (χ2n) is 8.58. The van der Waals surface area contributed by atoms with Gasteiger partial charge in [0.2, 0.25) is 0 Å². The summed E-state index contributed by atoms with van der Waals surface area (Å²) in [5, 5.41) is 20.3. The van der Waals surface area contributed by atoms with Crippen molar-refractivity contribution in [1.29, 1.82) is 0 Å². The first-order valence-corrected chi connectivity index (χ1v) is 9.44. The molecule has 27 heavy (non-hydrogen) atoms. The highest BCUT2D eigenvalue weighted by molar-refractivity contribution is 5.91.